The van der Waals surface area contributed by atoms with Crippen LogP contribution in [0.15, 0.2) is 15.0 Å². The highest BCUT2D eigenvalue weighted by Gasteiger charge is 2.20. The molecule has 0 spiro atoms. The average Bonchev–Trinajstić information content (AvgIpc) is 2.28. The summed E-state index contributed by atoms with van der Waals surface area (Å²) in [5.74, 6) is -0.0950. The van der Waals surface area contributed by atoms with Crippen molar-refractivity contribution in [2.24, 2.45) is 17.5 Å². The normalized spacial score (nSPS) is 13.4. The van der Waals surface area contributed by atoms with Gasteiger partial charge in [0.2, 0.25) is 0 Å². The lowest BCUT2D eigenvalue weighted by molar-refractivity contribution is -0.125. The average molecular weight is 277 g/mol. The molecule has 5 heteroatoms. The third-order valence-electron chi connectivity index (χ3n) is 1.62. The lowest BCUT2D eigenvalue weighted by atomic mass is 9.96. The van der Waals surface area contributed by atoms with Gasteiger partial charge in [-0.1, -0.05) is 32.1 Å². The second kappa shape index (κ2) is 3.98. The van der Waals surface area contributed by atoms with E-state index >= 15 is 0 Å². The number of halogens is 1. The summed E-state index contributed by atoms with van der Waals surface area (Å²) in [7, 11) is 1.87. The van der Waals surface area contributed by atoms with Gasteiger partial charge in [0, 0.05) is 18.7 Å². The predicted octanol–water partition coefficient (Wildman–Crippen LogP) is 2.32. The van der Waals surface area contributed by atoms with Gasteiger partial charge in [-0.2, -0.15) is 4.99 Å². The van der Waals surface area contributed by atoms with Crippen LogP contribution in [0.5, 0.6) is 0 Å². The summed E-state index contributed by atoms with van der Waals surface area (Å²) in [6.45, 7) is 5.59. The molecular weight excluding hydrogens is 264 g/mol. The Morgan fingerprint density at radius 1 is 1.57 bits per heavy atom. The van der Waals surface area contributed by atoms with Gasteiger partial charge in [0.1, 0.15) is 0 Å². The van der Waals surface area contributed by atoms with Crippen LogP contribution in [0, 0.1) is 5.41 Å². The molecule has 78 valence electrons. The minimum absolute atomic E-state index is 0.0950. The first kappa shape index (κ1) is 11.7. The van der Waals surface area contributed by atoms with E-state index in [1.165, 1.54) is 11.3 Å². The highest BCUT2D eigenvalue weighted by Crippen LogP contribution is 2.15. The Bertz CT molecular complexity index is 411. The fourth-order valence-electron chi connectivity index (χ4n) is 0.749. The monoisotopic (exact) mass is 276 g/mol. The zero-order valence-corrected chi connectivity index (χ0v) is 11.1. The first-order chi connectivity index (χ1) is 6.30. The molecular formula is C9H13BrN2OS. The molecule has 0 saturated heterocycles. The van der Waals surface area contributed by atoms with E-state index in [1.54, 1.807) is 0 Å². The van der Waals surface area contributed by atoms with Gasteiger partial charge in [0.05, 0.1) is 3.79 Å². The van der Waals surface area contributed by atoms with E-state index in [2.05, 4.69) is 20.9 Å². The molecule has 0 bridgehead atoms. The smallest absolute Gasteiger partial charge is 0.253 e. The maximum Gasteiger partial charge on any atom is 0.253 e. The molecule has 1 amide bonds. The standard InChI is InChI=1S/C9H13BrN2OS/c1-9(2,3)7(13)11-8-12(4)5-6(10)14-8/h5H,1-4H3. The lowest BCUT2D eigenvalue weighted by Gasteiger charge is -2.11. The SMILES string of the molecule is Cn1cc(Br)sc1=NC(=O)C(C)(C)C. The fraction of sp³-hybridized carbons (Fsp3) is 0.556. The highest BCUT2D eigenvalue weighted by molar-refractivity contribution is 9.11. The summed E-state index contributed by atoms with van der Waals surface area (Å²) in [5, 5.41) is 0. The molecule has 0 saturated carbocycles. The van der Waals surface area contributed by atoms with Gasteiger partial charge < -0.3 is 4.57 Å². The molecule has 0 fully saturated rings. The summed E-state index contributed by atoms with van der Waals surface area (Å²) in [6.07, 6.45) is 1.89. The Morgan fingerprint density at radius 3 is 2.50 bits per heavy atom. The van der Waals surface area contributed by atoms with Gasteiger partial charge in [0.15, 0.2) is 4.80 Å². The zero-order chi connectivity index (χ0) is 10.9. The fourth-order valence-corrected chi connectivity index (χ4v) is 2.20. The molecule has 1 rings (SSSR count). The number of thiazole rings is 1. The number of carbonyl (C=O) groups is 1. The Hall–Kier alpha value is -0.420. The molecule has 0 radical (unpaired) electrons. The van der Waals surface area contributed by atoms with Crippen LogP contribution < -0.4 is 4.80 Å². The Labute approximate surface area is 95.6 Å². The van der Waals surface area contributed by atoms with Crippen molar-refractivity contribution in [1.82, 2.24) is 4.57 Å². The molecule has 14 heavy (non-hydrogen) atoms. The van der Waals surface area contributed by atoms with E-state index in [9.17, 15) is 4.79 Å². The molecule has 1 heterocycles. The molecule has 1 aromatic heterocycles. The number of hydrogen-bond acceptors (Lipinski definition) is 2. The number of aryl methyl sites for hydroxylation is 1. The number of nitrogens with zero attached hydrogens (tertiary/aromatic N) is 2. The number of aromatic nitrogens is 1. The van der Waals surface area contributed by atoms with E-state index in [4.69, 9.17) is 0 Å². The van der Waals surface area contributed by atoms with E-state index in [0.717, 1.165) is 8.59 Å². The van der Waals surface area contributed by atoms with Crippen LogP contribution in [-0.2, 0) is 11.8 Å². The lowest BCUT2D eigenvalue weighted by Crippen LogP contribution is -2.22. The summed E-state index contributed by atoms with van der Waals surface area (Å²) >= 11 is 4.80. The van der Waals surface area contributed by atoms with Crippen molar-refractivity contribution in [2.45, 2.75) is 20.8 Å². The number of hydrogen-bond donors (Lipinski definition) is 0. The molecule has 1 aromatic rings. The van der Waals surface area contributed by atoms with Gasteiger partial charge in [-0.25, -0.2) is 0 Å². The second-order valence-electron chi connectivity index (χ2n) is 4.10. The zero-order valence-electron chi connectivity index (χ0n) is 8.67. The number of amides is 1. The van der Waals surface area contributed by atoms with E-state index in [0.29, 0.717) is 0 Å². The molecule has 0 aliphatic heterocycles. The van der Waals surface area contributed by atoms with E-state index in [-0.39, 0.29) is 5.91 Å². The summed E-state index contributed by atoms with van der Waals surface area (Å²) in [4.78, 5) is 16.4. The van der Waals surface area contributed by atoms with Crippen LogP contribution in [0.2, 0.25) is 0 Å². The first-order valence-corrected chi connectivity index (χ1v) is 5.83. The minimum atomic E-state index is -0.413. The van der Waals surface area contributed by atoms with Gasteiger partial charge in [0.25, 0.3) is 5.91 Å². The summed E-state index contributed by atoms with van der Waals surface area (Å²) < 4.78 is 2.80. The van der Waals surface area contributed by atoms with Crippen LogP contribution in [0.3, 0.4) is 0 Å². The van der Waals surface area contributed by atoms with Crippen LogP contribution in [0.4, 0.5) is 0 Å². The Morgan fingerprint density at radius 2 is 2.14 bits per heavy atom. The number of carbonyl (C=O) groups excluding carboxylic acids is 1. The molecule has 0 aliphatic rings. The van der Waals surface area contributed by atoms with Gasteiger partial charge in [-0.3, -0.25) is 4.79 Å². The maximum atomic E-state index is 11.6. The summed E-state index contributed by atoms with van der Waals surface area (Å²) in [5.41, 5.74) is -0.413. The second-order valence-corrected chi connectivity index (χ2v) is 6.48. The number of rotatable bonds is 0. The Balaban J connectivity index is 3.12. The molecule has 3 nitrogen and oxygen atoms in total. The molecule has 0 unspecified atom stereocenters. The van der Waals surface area contributed by atoms with Crippen molar-refractivity contribution in [3.05, 3.63) is 14.8 Å². The van der Waals surface area contributed by atoms with Gasteiger partial charge in [-0.15, -0.1) is 0 Å². The highest BCUT2D eigenvalue weighted by atomic mass is 79.9. The van der Waals surface area contributed by atoms with E-state index < -0.39 is 5.41 Å². The molecule has 0 aromatic carbocycles. The van der Waals surface area contributed by atoms with Crippen LogP contribution in [0.25, 0.3) is 0 Å². The third kappa shape index (κ3) is 2.78. The molecule has 0 N–H and O–H groups in total. The Kier molecular flexibility index (Phi) is 3.32. The maximum absolute atomic E-state index is 11.6. The molecule has 0 aliphatic carbocycles. The summed E-state index contributed by atoms with van der Waals surface area (Å²) in [6, 6.07) is 0. The van der Waals surface area contributed by atoms with Crippen molar-refractivity contribution < 1.29 is 4.79 Å². The van der Waals surface area contributed by atoms with Crippen molar-refractivity contribution in [3.63, 3.8) is 0 Å². The van der Waals surface area contributed by atoms with Crippen LogP contribution in [-0.4, -0.2) is 10.5 Å². The van der Waals surface area contributed by atoms with Crippen molar-refractivity contribution >= 4 is 33.2 Å². The predicted molar refractivity (Wildman–Crippen MR) is 61.0 cm³/mol. The van der Waals surface area contributed by atoms with Crippen molar-refractivity contribution in [2.75, 3.05) is 0 Å². The van der Waals surface area contributed by atoms with Crippen LogP contribution >= 0.6 is 27.3 Å². The van der Waals surface area contributed by atoms with Gasteiger partial charge in [-0.05, 0) is 15.9 Å². The minimum Gasteiger partial charge on any atom is -0.325 e. The molecule has 0 atom stereocenters. The van der Waals surface area contributed by atoms with Crippen molar-refractivity contribution in [1.29, 1.82) is 0 Å². The quantitative estimate of drug-likeness (QED) is 0.716. The van der Waals surface area contributed by atoms with Crippen LogP contribution in [0.1, 0.15) is 20.8 Å². The largest absolute Gasteiger partial charge is 0.325 e. The van der Waals surface area contributed by atoms with Crippen molar-refractivity contribution in [3.8, 4) is 0 Å². The van der Waals surface area contributed by atoms with E-state index in [1.807, 2.05) is 38.6 Å². The third-order valence-corrected chi connectivity index (χ3v) is 3.18. The first-order valence-electron chi connectivity index (χ1n) is 4.22. The van der Waals surface area contributed by atoms with Gasteiger partial charge >= 0.3 is 0 Å². The topological polar surface area (TPSA) is 34.4 Å².